The van der Waals surface area contributed by atoms with E-state index in [4.69, 9.17) is 0 Å². The van der Waals surface area contributed by atoms with Gasteiger partial charge >= 0.3 is 6.03 Å². The molecule has 1 saturated carbocycles. The zero-order chi connectivity index (χ0) is 27.3. The standard InChI is InChI=1S/C30H30N8O2/c39-28(33-29-34-36-37-35-29)23-8-6-20(7-9-23)19-38(26-13-10-22(11-14-26)21-4-2-1-3-5-21)30(40)32-25-12-15-27-24(18-25)16-17-31-27/h6-18,21,31H,1-5,19H2,(H,32,40)(H2,33,34,35,36,37,39). The van der Waals surface area contributed by atoms with E-state index in [-0.39, 0.29) is 17.9 Å². The molecule has 0 aliphatic heterocycles. The summed E-state index contributed by atoms with van der Waals surface area (Å²) < 4.78 is 0. The van der Waals surface area contributed by atoms with Gasteiger partial charge in [-0.3, -0.25) is 15.0 Å². The Balaban J connectivity index is 1.22. The Hall–Kier alpha value is -4.99. The van der Waals surface area contributed by atoms with Gasteiger partial charge in [0.15, 0.2) is 0 Å². The van der Waals surface area contributed by atoms with Crippen molar-refractivity contribution in [3.63, 3.8) is 0 Å². The molecule has 3 aromatic carbocycles. The van der Waals surface area contributed by atoms with E-state index >= 15 is 0 Å². The fraction of sp³-hybridized carbons (Fsp3) is 0.233. The Bertz CT molecular complexity index is 1590. The van der Waals surface area contributed by atoms with Crippen LogP contribution in [-0.4, -0.2) is 37.5 Å². The largest absolute Gasteiger partial charge is 0.361 e. The second kappa shape index (κ2) is 11.4. The second-order valence-electron chi connectivity index (χ2n) is 10.1. The van der Waals surface area contributed by atoms with E-state index in [1.165, 1.54) is 37.7 Å². The van der Waals surface area contributed by atoms with Gasteiger partial charge < -0.3 is 10.3 Å². The van der Waals surface area contributed by atoms with E-state index in [0.717, 1.165) is 27.8 Å². The molecule has 4 N–H and O–H groups in total. The lowest BCUT2D eigenvalue weighted by molar-refractivity contribution is 0.102. The number of nitrogens with one attached hydrogen (secondary N) is 4. The number of aromatic nitrogens is 5. The van der Waals surface area contributed by atoms with Crippen molar-refractivity contribution in [2.24, 2.45) is 0 Å². The number of fused-ring (bicyclic) bond motifs is 1. The van der Waals surface area contributed by atoms with Gasteiger partial charge in [0, 0.05) is 34.0 Å². The number of urea groups is 1. The van der Waals surface area contributed by atoms with Crippen LogP contribution in [0.25, 0.3) is 10.9 Å². The van der Waals surface area contributed by atoms with Crippen molar-refractivity contribution in [3.8, 4) is 0 Å². The lowest BCUT2D eigenvalue weighted by Gasteiger charge is -2.26. The van der Waals surface area contributed by atoms with Crippen molar-refractivity contribution in [1.82, 2.24) is 25.6 Å². The average molecular weight is 535 g/mol. The number of carbonyl (C=O) groups is 2. The minimum Gasteiger partial charge on any atom is -0.361 e. The van der Waals surface area contributed by atoms with E-state index in [0.29, 0.717) is 18.0 Å². The number of nitrogens with zero attached hydrogens (tertiary/aromatic N) is 4. The van der Waals surface area contributed by atoms with Crippen LogP contribution in [0, 0.1) is 0 Å². The molecule has 0 spiro atoms. The molecule has 3 amide bonds. The molecule has 5 aromatic rings. The third kappa shape index (κ3) is 5.70. The van der Waals surface area contributed by atoms with Gasteiger partial charge in [0.2, 0.25) is 0 Å². The Morgan fingerprint density at radius 1 is 0.900 bits per heavy atom. The fourth-order valence-corrected chi connectivity index (χ4v) is 5.30. The molecule has 0 saturated heterocycles. The molecule has 0 bridgehead atoms. The first kappa shape index (κ1) is 25.3. The van der Waals surface area contributed by atoms with Gasteiger partial charge in [-0.15, -0.1) is 5.10 Å². The molecule has 1 fully saturated rings. The molecule has 0 unspecified atom stereocenters. The molecule has 6 rings (SSSR count). The Kier molecular flexibility index (Phi) is 7.21. The lowest BCUT2D eigenvalue weighted by atomic mass is 9.84. The smallest absolute Gasteiger partial charge is 0.326 e. The summed E-state index contributed by atoms with van der Waals surface area (Å²) in [5.74, 6) is 0.344. The van der Waals surface area contributed by atoms with Gasteiger partial charge in [-0.05, 0) is 83.6 Å². The summed E-state index contributed by atoms with van der Waals surface area (Å²) in [6.07, 6.45) is 8.18. The van der Waals surface area contributed by atoms with Crippen LogP contribution >= 0.6 is 0 Å². The van der Waals surface area contributed by atoms with Gasteiger partial charge in [0.05, 0.1) is 6.54 Å². The van der Waals surface area contributed by atoms with Crippen LogP contribution < -0.4 is 15.5 Å². The monoisotopic (exact) mass is 534 g/mol. The third-order valence-electron chi connectivity index (χ3n) is 7.46. The second-order valence-corrected chi connectivity index (χ2v) is 10.1. The summed E-state index contributed by atoms with van der Waals surface area (Å²) in [6.45, 7) is 0.327. The van der Waals surface area contributed by atoms with E-state index in [1.807, 2.05) is 54.7 Å². The predicted molar refractivity (Wildman–Crippen MR) is 154 cm³/mol. The first-order chi connectivity index (χ1) is 19.6. The number of rotatable bonds is 7. The van der Waals surface area contributed by atoms with Gasteiger partial charge in [0.25, 0.3) is 11.9 Å². The van der Waals surface area contributed by atoms with Crippen LogP contribution in [0.3, 0.4) is 0 Å². The van der Waals surface area contributed by atoms with E-state index < -0.39 is 0 Å². The first-order valence-electron chi connectivity index (χ1n) is 13.5. The van der Waals surface area contributed by atoms with E-state index in [2.05, 4.69) is 48.4 Å². The average Bonchev–Trinajstić information content (AvgIpc) is 3.69. The lowest BCUT2D eigenvalue weighted by Crippen LogP contribution is -2.34. The summed E-state index contributed by atoms with van der Waals surface area (Å²) in [6, 6.07) is 23.0. The van der Waals surface area contributed by atoms with Crippen molar-refractivity contribution in [2.75, 3.05) is 15.5 Å². The fourth-order valence-electron chi connectivity index (χ4n) is 5.30. The molecule has 0 atom stereocenters. The summed E-state index contributed by atoms with van der Waals surface area (Å²) >= 11 is 0. The minimum absolute atomic E-state index is 0.103. The highest BCUT2D eigenvalue weighted by atomic mass is 16.2. The number of aromatic amines is 2. The number of hydrogen-bond acceptors (Lipinski definition) is 5. The van der Waals surface area contributed by atoms with Crippen molar-refractivity contribution in [1.29, 1.82) is 0 Å². The molecule has 202 valence electrons. The zero-order valence-electron chi connectivity index (χ0n) is 21.9. The van der Waals surface area contributed by atoms with Crippen molar-refractivity contribution >= 4 is 40.2 Å². The normalized spacial score (nSPS) is 13.7. The number of benzene rings is 3. The van der Waals surface area contributed by atoms with E-state index in [1.54, 1.807) is 17.0 Å². The highest BCUT2D eigenvalue weighted by molar-refractivity contribution is 6.04. The molecular formula is C30H30N8O2. The first-order valence-corrected chi connectivity index (χ1v) is 13.5. The molecular weight excluding hydrogens is 504 g/mol. The molecule has 1 aliphatic carbocycles. The zero-order valence-corrected chi connectivity index (χ0v) is 21.9. The Labute approximate surface area is 231 Å². The van der Waals surface area contributed by atoms with Gasteiger partial charge in [-0.25, -0.2) is 4.79 Å². The van der Waals surface area contributed by atoms with Crippen molar-refractivity contribution in [2.45, 2.75) is 44.6 Å². The van der Waals surface area contributed by atoms with Crippen LogP contribution in [0.1, 0.15) is 59.5 Å². The van der Waals surface area contributed by atoms with Gasteiger partial charge in [-0.1, -0.05) is 48.6 Å². The number of anilines is 3. The maximum atomic E-state index is 13.7. The number of hydrogen-bond donors (Lipinski definition) is 4. The van der Waals surface area contributed by atoms with Gasteiger partial charge in [-0.2, -0.15) is 5.21 Å². The molecule has 2 heterocycles. The van der Waals surface area contributed by atoms with Crippen LogP contribution in [0.5, 0.6) is 0 Å². The number of H-pyrrole nitrogens is 2. The van der Waals surface area contributed by atoms with Crippen molar-refractivity contribution in [3.05, 3.63) is 95.7 Å². The maximum absolute atomic E-state index is 13.7. The maximum Gasteiger partial charge on any atom is 0.326 e. The summed E-state index contributed by atoms with van der Waals surface area (Å²) in [5.41, 5.74) is 5.19. The quantitative estimate of drug-likeness (QED) is 0.197. The molecule has 0 radical (unpaired) electrons. The Morgan fingerprint density at radius 2 is 1.70 bits per heavy atom. The van der Waals surface area contributed by atoms with Crippen LogP contribution in [0.2, 0.25) is 0 Å². The predicted octanol–water partition coefficient (Wildman–Crippen LogP) is 6.22. The molecule has 10 heteroatoms. The summed E-state index contributed by atoms with van der Waals surface area (Å²) in [5, 5.41) is 19.9. The number of carbonyl (C=O) groups excluding carboxylic acids is 2. The molecule has 1 aliphatic rings. The van der Waals surface area contributed by atoms with Crippen molar-refractivity contribution < 1.29 is 9.59 Å². The number of tetrazole rings is 1. The Morgan fingerprint density at radius 3 is 2.45 bits per heavy atom. The molecule has 2 aromatic heterocycles. The van der Waals surface area contributed by atoms with Gasteiger partial charge in [0.1, 0.15) is 0 Å². The summed E-state index contributed by atoms with van der Waals surface area (Å²) in [4.78, 5) is 31.1. The third-order valence-corrected chi connectivity index (χ3v) is 7.46. The van der Waals surface area contributed by atoms with E-state index in [9.17, 15) is 9.59 Å². The summed E-state index contributed by atoms with van der Waals surface area (Å²) in [7, 11) is 0. The SMILES string of the molecule is O=C(Nc1nn[nH]n1)c1ccc(CN(C(=O)Nc2ccc3[nH]ccc3c2)c2ccc(C3CCCCC3)cc2)cc1. The highest BCUT2D eigenvalue weighted by Gasteiger charge is 2.20. The van der Waals surface area contributed by atoms with Crippen LogP contribution in [0.4, 0.5) is 22.1 Å². The number of amides is 3. The molecule has 40 heavy (non-hydrogen) atoms. The highest BCUT2D eigenvalue weighted by Crippen LogP contribution is 2.33. The van der Waals surface area contributed by atoms with Crippen LogP contribution in [0.15, 0.2) is 79.0 Å². The minimum atomic E-state index is -0.346. The molecule has 10 nitrogen and oxygen atoms in total. The van der Waals surface area contributed by atoms with Crippen LogP contribution in [-0.2, 0) is 6.54 Å². The topological polar surface area (TPSA) is 132 Å².